The van der Waals surface area contributed by atoms with Gasteiger partial charge in [0.2, 0.25) is 35.5 Å². The van der Waals surface area contributed by atoms with E-state index >= 15 is 4.57 Å². The number of benzene rings is 3. The summed E-state index contributed by atoms with van der Waals surface area (Å²) in [6.45, 7) is 2.59. The first-order valence-corrected chi connectivity index (χ1v) is 28.6. The van der Waals surface area contributed by atoms with Crippen LogP contribution in [0.15, 0.2) is 91.8 Å². The topological polar surface area (TPSA) is 473 Å². The van der Waals surface area contributed by atoms with Gasteiger partial charge in [-0.05, 0) is 57.2 Å². The summed E-state index contributed by atoms with van der Waals surface area (Å²) >= 11 is 0. The molecular formula is C54H54N15O19P. The third-order valence-corrected chi connectivity index (χ3v) is 16.1. The fourth-order valence-electron chi connectivity index (χ4n) is 10.2. The number of aromatic hydroxyl groups is 3. The second-order valence-corrected chi connectivity index (χ2v) is 22.7. The number of rotatable bonds is 18. The number of aryl methyl sites for hydroxylation is 3. The fourth-order valence-corrected chi connectivity index (χ4v) is 11.4. The van der Waals surface area contributed by atoms with E-state index in [0.29, 0.717) is 0 Å². The molecular weight excluding hydrogens is 1190 g/mol. The zero-order valence-electron chi connectivity index (χ0n) is 46.6. The molecule has 9 aromatic rings. The Labute approximate surface area is 499 Å². The first-order valence-electron chi connectivity index (χ1n) is 27.1. The zero-order valence-corrected chi connectivity index (χ0v) is 47.5. The number of phosphoric acid groups is 1. The van der Waals surface area contributed by atoms with Crippen LogP contribution in [-0.4, -0.2) is 197 Å². The third kappa shape index (κ3) is 11.9. The van der Waals surface area contributed by atoms with E-state index in [4.69, 9.17) is 27.8 Å². The van der Waals surface area contributed by atoms with Crippen molar-refractivity contribution in [2.45, 2.75) is 94.4 Å². The molecule has 12 atom stereocenters. The smallest absolute Gasteiger partial charge is 0.475 e. The molecule has 34 nitrogen and oxygen atoms in total. The summed E-state index contributed by atoms with van der Waals surface area (Å²) < 4.78 is 53.7. The van der Waals surface area contributed by atoms with Crippen molar-refractivity contribution in [3.63, 3.8) is 0 Å². The number of nitrogens with zero attached hydrogens (tertiary/aromatic N) is 12. The van der Waals surface area contributed by atoms with Gasteiger partial charge in [0.25, 0.3) is 17.7 Å². The zero-order chi connectivity index (χ0) is 62.7. The molecule has 3 saturated heterocycles. The molecule has 35 heteroatoms. The maximum Gasteiger partial charge on any atom is 0.475 e. The summed E-state index contributed by atoms with van der Waals surface area (Å²) in [5.41, 5.74) is 2.04. The van der Waals surface area contributed by atoms with Gasteiger partial charge in [0, 0.05) is 16.7 Å². The molecule has 3 aliphatic heterocycles. The van der Waals surface area contributed by atoms with Crippen molar-refractivity contribution in [3.05, 3.63) is 125 Å². The number of anilines is 3. The SMILES string of the molecule is Cc1cccc(C(=O)Nc2nc(O)c3ncn([C@@H]4O[C@H](COP(=O)(OC[C@H]5O[C@@H](n6cnc7c(O)nc(NC(=O)c8cccc(C)c8)nc76)[C@H](O)[C@@H]5O)OC[C@H]5O[C@@H](n6cnc7c(O)nc(NC(=O)c8cccc(C)c8)nc76)[C@H](O)[C@@H]5O)[C@@H](O)[C@H]4O)c3n2)c1. The number of aromatic nitrogens is 12. The molecule has 3 aromatic carbocycles. The highest BCUT2D eigenvalue weighted by Gasteiger charge is 2.50. The number of aliphatic hydroxyl groups excluding tert-OH is 6. The van der Waals surface area contributed by atoms with Gasteiger partial charge in [-0.1, -0.05) is 53.1 Å². The minimum Gasteiger partial charge on any atom is -0.492 e. The molecule has 464 valence electrons. The summed E-state index contributed by atoms with van der Waals surface area (Å²) in [7, 11) is -5.20. The Morgan fingerprint density at radius 1 is 0.461 bits per heavy atom. The van der Waals surface area contributed by atoms with Gasteiger partial charge in [0.15, 0.2) is 52.2 Å². The molecule has 9 heterocycles. The summed E-state index contributed by atoms with van der Waals surface area (Å²) in [6.07, 6.45) is -17.1. The minimum absolute atomic E-state index is 0.171. The minimum atomic E-state index is -5.20. The third-order valence-electron chi connectivity index (χ3n) is 14.8. The Balaban J connectivity index is 0.781. The van der Waals surface area contributed by atoms with Crippen molar-refractivity contribution in [2.75, 3.05) is 35.8 Å². The van der Waals surface area contributed by atoms with Crippen molar-refractivity contribution < 1.29 is 92.7 Å². The first-order chi connectivity index (χ1) is 42.6. The first kappa shape index (κ1) is 60.2. The highest BCUT2D eigenvalue weighted by Crippen LogP contribution is 2.52. The maximum atomic E-state index is 15.0. The number of fused-ring (bicyclic) bond motifs is 3. The Morgan fingerprint density at radius 2 is 0.742 bits per heavy atom. The number of aliphatic hydroxyl groups is 6. The Kier molecular flexibility index (Phi) is 16.3. The van der Waals surface area contributed by atoms with Gasteiger partial charge in [-0.25, -0.2) is 19.5 Å². The van der Waals surface area contributed by atoms with Crippen LogP contribution in [0.2, 0.25) is 0 Å². The average molecular weight is 1250 g/mol. The predicted molar refractivity (Wildman–Crippen MR) is 302 cm³/mol. The largest absolute Gasteiger partial charge is 0.492 e. The van der Waals surface area contributed by atoms with Crippen molar-refractivity contribution in [1.29, 1.82) is 0 Å². The number of phosphoric ester groups is 1. The highest BCUT2D eigenvalue weighted by atomic mass is 31.2. The van der Waals surface area contributed by atoms with Crippen LogP contribution in [-0.2, 0) is 32.3 Å². The quantitative estimate of drug-likeness (QED) is 0.0539. The van der Waals surface area contributed by atoms with Gasteiger partial charge in [-0.15, -0.1) is 0 Å². The second kappa shape index (κ2) is 24.1. The van der Waals surface area contributed by atoms with Crippen LogP contribution in [0.3, 0.4) is 0 Å². The van der Waals surface area contributed by atoms with Crippen molar-refractivity contribution in [2.24, 2.45) is 0 Å². The monoisotopic (exact) mass is 1250 g/mol. The van der Waals surface area contributed by atoms with E-state index < -0.39 is 137 Å². The molecule has 0 aliphatic carbocycles. The lowest BCUT2D eigenvalue weighted by atomic mass is 10.1. The number of nitrogens with one attached hydrogen (secondary N) is 3. The lowest BCUT2D eigenvalue weighted by Gasteiger charge is -2.24. The van der Waals surface area contributed by atoms with E-state index in [1.807, 2.05) is 0 Å². The van der Waals surface area contributed by atoms with Gasteiger partial charge >= 0.3 is 7.82 Å². The standard InChI is InChI=1S/C54H54N15O19P/c1-22-7-4-10-25(13-22)43(76)61-52-58-40-31(46(79)64-52)55-19-67(40)49-37(73)34(70)28(86-49)16-83-89(82,84-17-29-35(71)38(74)50(87-29)68-20-56-32-41(68)59-53(65-47(32)80)62-44(77)26-11-5-8-23(2)14-26)85-18-30-36(72)39(75)51(88-30)69-21-57-33-42(69)60-54(66-48(33)81)63-45(78)27-12-6-9-24(3)15-27/h4-15,19-21,28-30,34-39,49-51,70-75H,16-18H2,1-3H3,(H2,58,61,64,76,79)(H2,59,62,65,77,80)(H2,60,63,66,78,81)/t28-,29-,30-,34-,35-,36-,37-,38-,39-,49-,50-,51-/m1/s1. The van der Waals surface area contributed by atoms with Crippen LogP contribution in [0.5, 0.6) is 17.6 Å². The molecule has 6 aromatic heterocycles. The summed E-state index contributed by atoms with van der Waals surface area (Å²) in [6, 6.07) is 19.8. The second-order valence-electron chi connectivity index (χ2n) is 21.0. The molecule has 12 N–H and O–H groups in total. The predicted octanol–water partition coefficient (Wildman–Crippen LogP) is 1.32. The number of carbonyl (C=O) groups is 3. The molecule has 0 spiro atoms. The molecule has 0 saturated carbocycles. The highest BCUT2D eigenvalue weighted by molar-refractivity contribution is 7.48. The molecule has 0 bridgehead atoms. The van der Waals surface area contributed by atoms with Crippen LogP contribution >= 0.6 is 7.82 Å². The van der Waals surface area contributed by atoms with Gasteiger partial charge in [-0.3, -0.25) is 57.6 Å². The lowest BCUT2D eigenvalue weighted by Crippen LogP contribution is -2.35. The van der Waals surface area contributed by atoms with E-state index in [2.05, 4.69) is 60.8 Å². The van der Waals surface area contributed by atoms with Crippen molar-refractivity contribution in [1.82, 2.24) is 58.6 Å². The van der Waals surface area contributed by atoms with Crippen molar-refractivity contribution in [3.8, 4) is 17.6 Å². The number of ether oxygens (including phenoxy) is 3. The Morgan fingerprint density at radius 3 is 1.01 bits per heavy atom. The summed E-state index contributed by atoms with van der Waals surface area (Å²) in [4.78, 5) is 76.4. The average Bonchev–Trinajstić information content (AvgIpc) is 1.84. The summed E-state index contributed by atoms with van der Waals surface area (Å²) in [5.74, 6) is -4.94. The van der Waals surface area contributed by atoms with Gasteiger partial charge in [0.1, 0.15) is 54.9 Å². The van der Waals surface area contributed by atoms with Crippen LogP contribution in [0.25, 0.3) is 33.5 Å². The number of carbonyl (C=O) groups excluding carboxylic acids is 3. The van der Waals surface area contributed by atoms with Crippen LogP contribution in [0.4, 0.5) is 17.8 Å². The number of hydrogen-bond acceptors (Lipinski definition) is 28. The molecule has 0 radical (unpaired) electrons. The molecule has 3 fully saturated rings. The van der Waals surface area contributed by atoms with Gasteiger partial charge < -0.3 is 60.2 Å². The Bertz CT molecular complexity index is 3840. The number of imidazole rings is 3. The normalized spacial score (nSPS) is 24.5. The number of hydrogen-bond donors (Lipinski definition) is 12. The molecule has 3 amide bonds. The van der Waals surface area contributed by atoms with Gasteiger partial charge in [-0.2, -0.15) is 29.9 Å². The van der Waals surface area contributed by atoms with E-state index in [-0.39, 0.29) is 68.0 Å². The molecule has 3 aliphatic rings. The van der Waals surface area contributed by atoms with E-state index in [1.54, 1.807) is 93.6 Å². The maximum absolute atomic E-state index is 15.0. The van der Waals surface area contributed by atoms with E-state index in [0.717, 1.165) is 49.4 Å². The van der Waals surface area contributed by atoms with Crippen LogP contribution in [0, 0.1) is 20.8 Å². The van der Waals surface area contributed by atoms with Crippen molar-refractivity contribution >= 4 is 76.9 Å². The van der Waals surface area contributed by atoms with E-state index in [9.17, 15) is 60.3 Å². The van der Waals surface area contributed by atoms with Crippen LogP contribution in [0.1, 0.15) is 66.4 Å². The number of amides is 3. The van der Waals surface area contributed by atoms with Gasteiger partial charge in [0.05, 0.1) is 38.8 Å². The van der Waals surface area contributed by atoms with E-state index in [1.165, 1.54) is 0 Å². The Hall–Kier alpha value is -9.13. The fraction of sp³-hybridized carbons (Fsp3) is 0.333. The van der Waals surface area contributed by atoms with Crippen LogP contribution < -0.4 is 16.0 Å². The lowest BCUT2D eigenvalue weighted by molar-refractivity contribution is -0.0723. The molecule has 89 heavy (non-hydrogen) atoms. The molecule has 0 unspecified atom stereocenters. The molecule has 12 rings (SSSR count). The summed E-state index contributed by atoms with van der Waals surface area (Å²) in [5, 5.41) is 108.